The number of aryl methyl sites for hydroxylation is 1. The van der Waals surface area contributed by atoms with Gasteiger partial charge in [-0.25, -0.2) is 13.4 Å². The fraction of sp³-hybridized carbons (Fsp3) is 0.476. The van der Waals surface area contributed by atoms with Gasteiger partial charge in [0.05, 0.1) is 16.0 Å². The van der Waals surface area contributed by atoms with Crippen LogP contribution in [0.2, 0.25) is 0 Å². The number of likely N-dealkylation sites (N-methyl/N-ethyl adjacent to an activating group) is 1. The molecular formula is C21H28N4O4S2. The van der Waals surface area contributed by atoms with E-state index in [1.54, 1.807) is 26.8 Å². The van der Waals surface area contributed by atoms with E-state index < -0.39 is 15.3 Å². The number of rotatable bonds is 7. The monoisotopic (exact) mass is 464 g/mol. The van der Waals surface area contributed by atoms with E-state index in [1.165, 1.54) is 35.3 Å². The van der Waals surface area contributed by atoms with E-state index in [-0.39, 0.29) is 16.5 Å². The molecule has 1 saturated heterocycles. The zero-order chi connectivity index (χ0) is 22.9. The fourth-order valence-corrected chi connectivity index (χ4v) is 5.94. The second-order valence-electron chi connectivity index (χ2n) is 7.85. The standard InChI is InChI=1S/C21H28N4O4S2/c1-13-19(15(3)26)14(2)23-20(13)21(27)16(4)30-18-7-6-17(12-22-18)31(28,29)25-10-8-24(5)9-11-25/h6-7,12,16,23H,8-11H2,1-5H3/t16-/m1/s1. The van der Waals surface area contributed by atoms with E-state index in [2.05, 4.69) is 14.9 Å². The van der Waals surface area contributed by atoms with Crippen LogP contribution in [0.5, 0.6) is 0 Å². The summed E-state index contributed by atoms with van der Waals surface area (Å²) >= 11 is 1.25. The smallest absolute Gasteiger partial charge is 0.244 e. The molecule has 0 spiro atoms. The quantitative estimate of drug-likeness (QED) is 0.496. The van der Waals surface area contributed by atoms with Crippen molar-refractivity contribution < 1.29 is 18.0 Å². The summed E-state index contributed by atoms with van der Waals surface area (Å²) in [6.45, 7) is 9.10. The van der Waals surface area contributed by atoms with Crippen LogP contribution in [-0.4, -0.2) is 77.6 Å². The SMILES string of the molecule is CC(=O)c1c(C)[nH]c(C(=O)[C@@H](C)Sc2ccc(S(=O)(=O)N3CCN(C)CC3)cn2)c1C. The zero-order valence-corrected chi connectivity index (χ0v) is 20.1. The van der Waals surface area contributed by atoms with Crippen LogP contribution < -0.4 is 0 Å². The second-order valence-corrected chi connectivity index (χ2v) is 11.1. The van der Waals surface area contributed by atoms with Gasteiger partial charge in [0, 0.05) is 43.6 Å². The largest absolute Gasteiger partial charge is 0.355 e. The van der Waals surface area contributed by atoms with Gasteiger partial charge in [-0.1, -0.05) is 11.8 Å². The first-order chi connectivity index (χ1) is 14.5. The molecule has 2 aromatic heterocycles. The summed E-state index contributed by atoms with van der Waals surface area (Å²) in [7, 11) is -1.61. The number of nitrogens with one attached hydrogen (secondary N) is 1. The van der Waals surface area contributed by atoms with Crippen LogP contribution in [0, 0.1) is 13.8 Å². The number of H-pyrrole nitrogens is 1. The van der Waals surface area contributed by atoms with Gasteiger partial charge >= 0.3 is 0 Å². The highest BCUT2D eigenvalue weighted by Gasteiger charge is 2.28. The Labute approximate surface area is 187 Å². The molecule has 10 heteroatoms. The van der Waals surface area contributed by atoms with E-state index in [0.29, 0.717) is 53.7 Å². The topological polar surface area (TPSA) is 103 Å². The Morgan fingerprint density at radius 2 is 1.81 bits per heavy atom. The molecule has 0 radical (unpaired) electrons. The van der Waals surface area contributed by atoms with Crippen LogP contribution in [-0.2, 0) is 10.0 Å². The Morgan fingerprint density at radius 3 is 2.32 bits per heavy atom. The highest BCUT2D eigenvalue weighted by molar-refractivity contribution is 8.00. The van der Waals surface area contributed by atoms with Crippen molar-refractivity contribution in [2.45, 2.75) is 42.9 Å². The summed E-state index contributed by atoms with van der Waals surface area (Å²) in [4.78, 5) is 34.3. The lowest BCUT2D eigenvalue weighted by atomic mass is 10.0. The molecule has 1 N–H and O–H groups in total. The number of hydrogen-bond donors (Lipinski definition) is 1. The molecule has 168 valence electrons. The number of ketones is 2. The van der Waals surface area contributed by atoms with Crippen LogP contribution in [0.1, 0.15) is 46.0 Å². The number of thioether (sulfide) groups is 1. The molecule has 31 heavy (non-hydrogen) atoms. The first-order valence-corrected chi connectivity index (χ1v) is 12.4. The average molecular weight is 465 g/mol. The lowest BCUT2D eigenvalue weighted by Gasteiger charge is -2.31. The van der Waals surface area contributed by atoms with Gasteiger partial charge in [-0.05, 0) is 52.4 Å². The number of pyridine rings is 1. The number of sulfonamides is 1. The summed E-state index contributed by atoms with van der Waals surface area (Å²) in [6.07, 6.45) is 1.35. The molecule has 1 aliphatic rings. The molecule has 1 atom stereocenters. The number of nitrogens with zero attached hydrogens (tertiary/aromatic N) is 3. The van der Waals surface area contributed by atoms with E-state index >= 15 is 0 Å². The third-order valence-corrected chi connectivity index (χ3v) is 8.44. The van der Waals surface area contributed by atoms with Crippen LogP contribution in [0.15, 0.2) is 28.3 Å². The maximum atomic E-state index is 12.9. The minimum Gasteiger partial charge on any atom is -0.355 e. The maximum Gasteiger partial charge on any atom is 0.244 e. The number of carbonyl (C=O) groups excluding carboxylic acids is 2. The van der Waals surface area contributed by atoms with Gasteiger partial charge in [-0.15, -0.1) is 0 Å². The Morgan fingerprint density at radius 1 is 1.16 bits per heavy atom. The van der Waals surface area contributed by atoms with E-state index in [4.69, 9.17) is 0 Å². The predicted octanol–water partition coefficient (Wildman–Crippen LogP) is 2.53. The minimum atomic E-state index is -3.57. The number of piperazine rings is 1. The predicted molar refractivity (Wildman–Crippen MR) is 120 cm³/mol. The fourth-order valence-electron chi connectivity index (χ4n) is 3.73. The van der Waals surface area contributed by atoms with Crippen molar-refractivity contribution in [1.82, 2.24) is 19.2 Å². The molecule has 3 rings (SSSR count). The molecule has 0 amide bonds. The molecule has 8 nitrogen and oxygen atoms in total. The minimum absolute atomic E-state index is 0.0792. The number of aromatic nitrogens is 2. The summed E-state index contributed by atoms with van der Waals surface area (Å²) in [5.74, 6) is -0.210. The van der Waals surface area contributed by atoms with E-state index in [9.17, 15) is 18.0 Å². The zero-order valence-electron chi connectivity index (χ0n) is 18.4. The first kappa shape index (κ1) is 23.6. The number of hydrogen-bond acceptors (Lipinski definition) is 7. The van der Waals surface area contributed by atoms with Crippen molar-refractivity contribution in [3.63, 3.8) is 0 Å². The van der Waals surface area contributed by atoms with Crippen molar-refractivity contribution in [2.24, 2.45) is 0 Å². The van der Waals surface area contributed by atoms with Crippen molar-refractivity contribution >= 4 is 33.4 Å². The van der Waals surface area contributed by atoms with Gasteiger partial charge in [0.1, 0.15) is 4.90 Å². The third kappa shape index (κ3) is 4.92. The molecule has 0 aliphatic carbocycles. The van der Waals surface area contributed by atoms with Gasteiger partial charge in [-0.3, -0.25) is 9.59 Å². The Hall–Kier alpha value is -2.01. The van der Waals surface area contributed by atoms with Gasteiger partial charge < -0.3 is 9.88 Å². The Kier molecular flexibility index (Phi) is 7.04. The molecule has 0 bridgehead atoms. The van der Waals surface area contributed by atoms with Crippen LogP contribution >= 0.6 is 11.8 Å². The normalized spacial score (nSPS) is 16.9. The second kappa shape index (κ2) is 9.23. The van der Waals surface area contributed by atoms with Gasteiger partial charge in [-0.2, -0.15) is 4.31 Å². The molecule has 0 saturated carbocycles. The van der Waals surface area contributed by atoms with Crippen molar-refractivity contribution in [2.75, 3.05) is 33.2 Å². The number of Topliss-reactive ketones (excluding diaryl/α,β-unsaturated/α-hetero) is 2. The lowest BCUT2D eigenvalue weighted by molar-refractivity contribution is 0.0988. The number of aromatic amines is 1. The van der Waals surface area contributed by atoms with E-state index in [1.807, 2.05) is 7.05 Å². The lowest BCUT2D eigenvalue weighted by Crippen LogP contribution is -2.47. The van der Waals surface area contributed by atoms with Crippen molar-refractivity contribution in [3.8, 4) is 0 Å². The molecule has 0 unspecified atom stereocenters. The molecular weight excluding hydrogens is 436 g/mol. The highest BCUT2D eigenvalue weighted by Crippen LogP contribution is 2.28. The van der Waals surface area contributed by atoms with Gasteiger partial charge in [0.2, 0.25) is 10.0 Å². The van der Waals surface area contributed by atoms with Crippen LogP contribution in [0.4, 0.5) is 0 Å². The van der Waals surface area contributed by atoms with Crippen LogP contribution in [0.25, 0.3) is 0 Å². The van der Waals surface area contributed by atoms with Gasteiger partial charge in [0.25, 0.3) is 0 Å². The van der Waals surface area contributed by atoms with Gasteiger partial charge in [0.15, 0.2) is 11.6 Å². The number of carbonyl (C=O) groups is 2. The van der Waals surface area contributed by atoms with Crippen LogP contribution in [0.3, 0.4) is 0 Å². The van der Waals surface area contributed by atoms with Crippen molar-refractivity contribution in [3.05, 3.63) is 40.8 Å². The summed E-state index contributed by atoms with van der Waals surface area (Å²) < 4.78 is 27.1. The Bertz CT molecular complexity index is 1090. The summed E-state index contributed by atoms with van der Waals surface area (Å²) in [6, 6.07) is 3.17. The van der Waals surface area contributed by atoms with Crippen molar-refractivity contribution in [1.29, 1.82) is 0 Å². The molecule has 3 heterocycles. The highest BCUT2D eigenvalue weighted by atomic mass is 32.2. The molecule has 0 aromatic carbocycles. The van der Waals surface area contributed by atoms with E-state index in [0.717, 1.165) is 0 Å². The molecule has 2 aromatic rings. The molecule has 1 fully saturated rings. The average Bonchev–Trinajstić information content (AvgIpc) is 3.02. The third-order valence-electron chi connectivity index (χ3n) is 5.51. The summed E-state index contributed by atoms with van der Waals surface area (Å²) in [5.41, 5.74) is 2.32. The molecule has 1 aliphatic heterocycles. The summed E-state index contributed by atoms with van der Waals surface area (Å²) in [5, 5.41) is 0.107. The first-order valence-electron chi connectivity index (χ1n) is 10.1. The Balaban J connectivity index is 1.72. The maximum absolute atomic E-state index is 12.9.